The normalized spacial score (nSPS) is 26.4. The van der Waals surface area contributed by atoms with Gasteiger partial charge in [-0.05, 0) is 42.2 Å². The van der Waals surface area contributed by atoms with E-state index in [-0.39, 0.29) is 0 Å². The summed E-state index contributed by atoms with van der Waals surface area (Å²) in [6, 6.07) is 9.00. The number of benzene rings is 1. The molecule has 0 N–H and O–H groups in total. The van der Waals surface area contributed by atoms with Crippen molar-refractivity contribution in [2.45, 2.75) is 65.7 Å². The van der Waals surface area contributed by atoms with E-state index in [1.165, 1.54) is 61.1 Å². The second-order valence-corrected chi connectivity index (χ2v) is 7.48. The van der Waals surface area contributed by atoms with Gasteiger partial charge >= 0.3 is 0 Å². The van der Waals surface area contributed by atoms with Crippen molar-refractivity contribution < 1.29 is 0 Å². The molecule has 1 saturated carbocycles. The lowest BCUT2D eigenvalue weighted by atomic mass is 9.79. The minimum Gasteiger partial charge on any atom is -0.257 e. The Labute approximate surface area is 141 Å². The minimum atomic E-state index is 0.589. The zero-order valence-electron chi connectivity index (χ0n) is 15.0. The van der Waals surface area contributed by atoms with Crippen LogP contribution in [0.25, 0.3) is 5.70 Å². The van der Waals surface area contributed by atoms with E-state index in [1.54, 1.807) is 0 Å². The number of rotatable bonds is 3. The molecule has 2 unspecified atom stereocenters. The highest BCUT2D eigenvalue weighted by molar-refractivity contribution is 5.95. The van der Waals surface area contributed by atoms with Crippen LogP contribution >= 0.6 is 0 Å². The van der Waals surface area contributed by atoms with Crippen LogP contribution in [0.3, 0.4) is 0 Å². The fourth-order valence-electron chi connectivity index (χ4n) is 4.05. The molecule has 1 aromatic rings. The van der Waals surface area contributed by atoms with Crippen LogP contribution in [0.1, 0.15) is 70.4 Å². The predicted molar refractivity (Wildman–Crippen MR) is 101 cm³/mol. The number of hydrogen-bond donors (Lipinski definition) is 0. The molecule has 0 amide bonds. The number of aliphatic imine (C=N–C) groups is 1. The molecule has 1 heterocycles. The molecular formula is C22H31N. The highest BCUT2D eigenvalue weighted by atomic mass is 14.8. The predicted octanol–water partition coefficient (Wildman–Crippen LogP) is 6.29. The Kier molecular flexibility index (Phi) is 5.35. The Hall–Kier alpha value is -1.37. The standard InChI is InChI=1S/C22H31N/c1-4-18-11-13-19(14-12-18)21-15-16(2)17(3)22(23-21)20-9-7-5-6-8-10-20/h11-17,20H,4-10H2,1-3H3. The molecule has 3 rings (SSSR count). The minimum absolute atomic E-state index is 0.589. The van der Waals surface area contributed by atoms with E-state index in [0.717, 1.165) is 6.42 Å². The summed E-state index contributed by atoms with van der Waals surface area (Å²) >= 11 is 0. The maximum absolute atomic E-state index is 5.18. The average Bonchev–Trinajstić information content (AvgIpc) is 2.86. The van der Waals surface area contributed by atoms with Crippen LogP contribution in [0.5, 0.6) is 0 Å². The van der Waals surface area contributed by atoms with Crippen molar-refractivity contribution >= 4 is 11.4 Å². The van der Waals surface area contributed by atoms with E-state index in [9.17, 15) is 0 Å². The van der Waals surface area contributed by atoms with Crippen LogP contribution in [-0.4, -0.2) is 5.71 Å². The summed E-state index contributed by atoms with van der Waals surface area (Å²) in [5, 5.41) is 0. The summed E-state index contributed by atoms with van der Waals surface area (Å²) in [5.41, 5.74) is 5.38. The molecule has 1 heteroatoms. The highest BCUT2D eigenvalue weighted by Gasteiger charge is 2.28. The lowest BCUT2D eigenvalue weighted by Gasteiger charge is -2.30. The molecule has 0 saturated heterocycles. The fraction of sp³-hybridized carbons (Fsp3) is 0.591. The number of aryl methyl sites for hydroxylation is 1. The van der Waals surface area contributed by atoms with Crippen molar-refractivity contribution in [2.75, 3.05) is 0 Å². The van der Waals surface area contributed by atoms with Gasteiger partial charge in [0.05, 0.1) is 5.70 Å². The molecule has 124 valence electrons. The average molecular weight is 309 g/mol. The van der Waals surface area contributed by atoms with Gasteiger partial charge in [0, 0.05) is 11.6 Å². The molecule has 1 fully saturated rings. The Balaban J connectivity index is 1.88. The first-order chi connectivity index (χ1) is 11.2. The van der Waals surface area contributed by atoms with E-state index in [4.69, 9.17) is 4.99 Å². The maximum atomic E-state index is 5.18. The van der Waals surface area contributed by atoms with Crippen molar-refractivity contribution in [3.8, 4) is 0 Å². The van der Waals surface area contributed by atoms with E-state index in [2.05, 4.69) is 51.1 Å². The van der Waals surface area contributed by atoms with Crippen LogP contribution in [0.15, 0.2) is 35.3 Å². The largest absolute Gasteiger partial charge is 0.257 e. The lowest BCUT2D eigenvalue weighted by Crippen LogP contribution is -2.28. The Bertz CT molecular complexity index is 570. The first-order valence-electron chi connectivity index (χ1n) is 9.58. The second-order valence-electron chi connectivity index (χ2n) is 7.48. The third-order valence-electron chi connectivity index (χ3n) is 5.86. The van der Waals surface area contributed by atoms with E-state index in [0.29, 0.717) is 17.8 Å². The van der Waals surface area contributed by atoms with Crippen molar-refractivity contribution in [1.82, 2.24) is 0 Å². The molecule has 1 aliphatic carbocycles. The highest BCUT2D eigenvalue weighted by Crippen LogP contribution is 2.35. The van der Waals surface area contributed by atoms with Crippen molar-refractivity contribution in [2.24, 2.45) is 22.7 Å². The number of allylic oxidation sites excluding steroid dienone is 1. The third-order valence-corrected chi connectivity index (χ3v) is 5.86. The van der Waals surface area contributed by atoms with Gasteiger partial charge in [-0.15, -0.1) is 0 Å². The molecule has 0 aromatic heterocycles. The zero-order chi connectivity index (χ0) is 16.2. The van der Waals surface area contributed by atoms with Gasteiger partial charge < -0.3 is 0 Å². The van der Waals surface area contributed by atoms with Gasteiger partial charge in [-0.25, -0.2) is 0 Å². The molecule has 23 heavy (non-hydrogen) atoms. The Morgan fingerprint density at radius 3 is 2.22 bits per heavy atom. The van der Waals surface area contributed by atoms with Crippen LogP contribution in [0.2, 0.25) is 0 Å². The molecular weight excluding hydrogens is 278 g/mol. The molecule has 1 nitrogen and oxygen atoms in total. The van der Waals surface area contributed by atoms with E-state index in [1.807, 2.05) is 0 Å². The van der Waals surface area contributed by atoms with Crippen molar-refractivity contribution in [1.29, 1.82) is 0 Å². The van der Waals surface area contributed by atoms with Gasteiger partial charge in [-0.2, -0.15) is 0 Å². The van der Waals surface area contributed by atoms with Gasteiger partial charge in [0.15, 0.2) is 0 Å². The first kappa shape index (κ1) is 16.5. The van der Waals surface area contributed by atoms with Crippen molar-refractivity contribution in [3.63, 3.8) is 0 Å². The van der Waals surface area contributed by atoms with Crippen LogP contribution in [0, 0.1) is 17.8 Å². The SMILES string of the molecule is CCc1ccc(C2=CC(C)C(C)C(C3CCCCCC3)=N2)cc1. The monoisotopic (exact) mass is 309 g/mol. The van der Waals surface area contributed by atoms with Gasteiger partial charge in [0.1, 0.15) is 0 Å². The van der Waals surface area contributed by atoms with Gasteiger partial charge in [-0.3, -0.25) is 4.99 Å². The molecule has 0 bridgehead atoms. The zero-order valence-corrected chi connectivity index (χ0v) is 15.0. The van der Waals surface area contributed by atoms with Crippen molar-refractivity contribution in [3.05, 3.63) is 41.5 Å². The summed E-state index contributed by atoms with van der Waals surface area (Å²) in [7, 11) is 0. The Morgan fingerprint density at radius 1 is 0.957 bits per heavy atom. The second kappa shape index (κ2) is 7.47. The fourth-order valence-corrected chi connectivity index (χ4v) is 4.05. The number of nitrogens with zero attached hydrogens (tertiary/aromatic N) is 1. The van der Waals surface area contributed by atoms with E-state index < -0.39 is 0 Å². The van der Waals surface area contributed by atoms with E-state index >= 15 is 0 Å². The maximum Gasteiger partial charge on any atom is 0.0664 e. The molecule has 0 radical (unpaired) electrons. The molecule has 1 aliphatic heterocycles. The summed E-state index contributed by atoms with van der Waals surface area (Å²) < 4.78 is 0. The summed E-state index contributed by atoms with van der Waals surface area (Å²) in [4.78, 5) is 5.18. The summed E-state index contributed by atoms with van der Waals surface area (Å²) in [6.45, 7) is 6.94. The lowest BCUT2D eigenvalue weighted by molar-refractivity contribution is 0.508. The molecule has 1 aromatic carbocycles. The molecule has 2 atom stereocenters. The molecule has 2 aliphatic rings. The smallest absolute Gasteiger partial charge is 0.0664 e. The van der Waals surface area contributed by atoms with Gasteiger partial charge in [-0.1, -0.05) is 76.8 Å². The quantitative estimate of drug-likeness (QED) is 0.582. The van der Waals surface area contributed by atoms with Crippen LogP contribution < -0.4 is 0 Å². The number of hydrogen-bond acceptors (Lipinski definition) is 1. The summed E-state index contributed by atoms with van der Waals surface area (Å²) in [6.07, 6.45) is 11.8. The third kappa shape index (κ3) is 3.76. The first-order valence-corrected chi connectivity index (χ1v) is 9.58. The topological polar surface area (TPSA) is 12.4 Å². The Morgan fingerprint density at radius 2 is 1.61 bits per heavy atom. The molecule has 0 spiro atoms. The van der Waals surface area contributed by atoms with Gasteiger partial charge in [0.2, 0.25) is 0 Å². The van der Waals surface area contributed by atoms with Crippen LogP contribution in [0.4, 0.5) is 0 Å². The van der Waals surface area contributed by atoms with Gasteiger partial charge in [0.25, 0.3) is 0 Å². The summed E-state index contributed by atoms with van der Waals surface area (Å²) in [5.74, 6) is 1.90. The van der Waals surface area contributed by atoms with Crippen LogP contribution in [-0.2, 0) is 6.42 Å².